The number of rotatable bonds is 4. The predicted octanol–water partition coefficient (Wildman–Crippen LogP) is 3.68. The van der Waals surface area contributed by atoms with Gasteiger partial charge in [-0.1, -0.05) is 0 Å². The monoisotopic (exact) mass is 396 g/mol. The number of fused-ring (bicyclic) bond motifs is 1. The van der Waals surface area contributed by atoms with E-state index >= 15 is 0 Å². The van der Waals surface area contributed by atoms with Crippen molar-refractivity contribution in [3.05, 3.63) is 47.9 Å². The van der Waals surface area contributed by atoms with Crippen LogP contribution in [0.3, 0.4) is 0 Å². The molecule has 0 aliphatic rings. The summed E-state index contributed by atoms with van der Waals surface area (Å²) < 4.78 is 53.7. The molecule has 6 nitrogen and oxygen atoms in total. The Morgan fingerprint density at radius 3 is 2.32 bits per heavy atom. The second-order valence-corrected chi connectivity index (χ2v) is 6.82. The molecule has 0 unspecified atom stereocenters. The zero-order chi connectivity index (χ0) is 20.7. The molecular formula is C18H16F4N4O2. The lowest BCUT2D eigenvalue weighted by atomic mass is 10.1. The normalized spacial score (nSPS) is 12.4. The molecule has 2 N–H and O–H groups in total. The third kappa shape index (κ3) is 4.28. The van der Waals surface area contributed by atoms with Crippen molar-refractivity contribution in [3.63, 3.8) is 0 Å². The zero-order valence-electron chi connectivity index (χ0n) is 14.9. The molecule has 3 rings (SSSR count). The van der Waals surface area contributed by atoms with E-state index in [1.54, 1.807) is 0 Å². The fourth-order valence-corrected chi connectivity index (χ4v) is 2.60. The van der Waals surface area contributed by atoms with Crippen LogP contribution in [0, 0.1) is 5.82 Å². The van der Waals surface area contributed by atoms with Gasteiger partial charge in [-0.25, -0.2) is 14.4 Å². The molecule has 0 saturated carbocycles. The van der Waals surface area contributed by atoms with E-state index < -0.39 is 29.2 Å². The Morgan fingerprint density at radius 2 is 1.75 bits per heavy atom. The Kier molecular flexibility index (Phi) is 4.84. The summed E-state index contributed by atoms with van der Waals surface area (Å²) in [7, 11) is 0. The summed E-state index contributed by atoms with van der Waals surface area (Å²) in [5.41, 5.74) is -2.21. The highest BCUT2D eigenvalue weighted by Crippen LogP contribution is 2.31. The number of nitrogens with zero attached hydrogens (tertiary/aromatic N) is 3. The molecule has 148 valence electrons. The van der Waals surface area contributed by atoms with Crippen molar-refractivity contribution in [2.75, 3.05) is 5.32 Å². The number of hydrogen-bond donors (Lipinski definition) is 2. The van der Waals surface area contributed by atoms with Gasteiger partial charge in [0.15, 0.2) is 5.65 Å². The van der Waals surface area contributed by atoms with Gasteiger partial charge in [0.05, 0.1) is 17.7 Å². The SMILES string of the molecule is CC(C)(O)CC(=O)Nc1nc2ccc(C(F)(F)F)nc2n1-c1ccc(F)cc1. The number of nitrogens with one attached hydrogen (secondary N) is 1. The van der Waals surface area contributed by atoms with Crippen molar-refractivity contribution < 1.29 is 27.5 Å². The van der Waals surface area contributed by atoms with Crippen molar-refractivity contribution in [2.45, 2.75) is 32.0 Å². The zero-order valence-corrected chi connectivity index (χ0v) is 14.9. The first-order valence-corrected chi connectivity index (χ1v) is 8.19. The molecule has 1 amide bonds. The van der Waals surface area contributed by atoms with Gasteiger partial charge in [-0.15, -0.1) is 0 Å². The first-order chi connectivity index (χ1) is 12.9. The van der Waals surface area contributed by atoms with Gasteiger partial charge in [0.1, 0.15) is 17.0 Å². The van der Waals surface area contributed by atoms with Gasteiger partial charge >= 0.3 is 6.18 Å². The number of benzene rings is 1. The number of anilines is 1. The first kappa shape index (κ1) is 19.7. The molecule has 2 aromatic heterocycles. The van der Waals surface area contributed by atoms with E-state index in [1.165, 1.54) is 30.5 Å². The van der Waals surface area contributed by atoms with E-state index in [-0.39, 0.29) is 29.2 Å². The Morgan fingerprint density at radius 1 is 1.11 bits per heavy atom. The fraction of sp³-hybridized carbons (Fsp3) is 0.278. The highest BCUT2D eigenvalue weighted by atomic mass is 19.4. The van der Waals surface area contributed by atoms with Crippen LogP contribution < -0.4 is 5.32 Å². The van der Waals surface area contributed by atoms with Gasteiger partial charge in [0.25, 0.3) is 0 Å². The quantitative estimate of drug-likeness (QED) is 0.660. The number of pyridine rings is 1. The van der Waals surface area contributed by atoms with Crippen LogP contribution in [0.4, 0.5) is 23.5 Å². The molecule has 0 atom stereocenters. The van der Waals surface area contributed by atoms with E-state index in [1.807, 2.05) is 0 Å². The third-order valence-corrected chi connectivity index (χ3v) is 3.72. The molecule has 0 saturated heterocycles. The average molecular weight is 396 g/mol. The van der Waals surface area contributed by atoms with Crippen LogP contribution >= 0.6 is 0 Å². The summed E-state index contributed by atoms with van der Waals surface area (Å²) >= 11 is 0. The number of aromatic nitrogens is 3. The molecule has 0 radical (unpaired) electrons. The van der Waals surface area contributed by atoms with Crippen LogP contribution in [-0.2, 0) is 11.0 Å². The van der Waals surface area contributed by atoms with Crippen LogP contribution in [-0.4, -0.2) is 31.1 Å². The second-order valence-electron chi connectivity index (χ2n) is 6.82. The lowest BCUT2D eigenvalue weighted by Gasteiger charge is -2.16. The van der Waals surface area contributed by atoms with Crippen LogP contribution in [0.15, 0.2) is 36.4 Å². The van der Waals surface area contributed by atoms with Crippen LogP contribution in [0.25, 0.3) is 16.9 Å². The van der Waals surface area contributed by atoms with Gasteiger partial charge < -0.3 is 5.11 Å². The number of imidazole rings is 1. The first-order valence-electron chi connectivity index (χ1n) is 8.19. The Labute approximate surface area is 156 Å². The standard InChI is InChI=1S/C18H16F4N4O2/c1-17(2,28)9-14(27)25-16-23-12-7-8-13(18(20,21)22)24-15(12)26(16)11-5-3-10(19)4-6-11/h3-8,28H,9H2,1-2H3,(H,23,25,27). The Hall–Kier alpha value is -3.01. The summed E-state index contributed by atoms with van der Waals surface area (Å²) in [6.45, 7) is 2.87. The smallest absolute Gasteiger partial charge is 0.390 e. The molecule has 0 bridgehead atoms. The summed E-state index contributed by atoms with van der Waals surface area (Å²) in [6.07, 6.45) is -4.93. The van der Waals surface area contributed by atoms with Crippen LogP contribution in [0.5, 0.6) is 0 Å². The maximum atomic E-state index is 13.3. The molecule has 0 fully saturated rings. The summed E-state index contributed by atoms with van der Waals surface area (Å²) in [5.74, 6) is -1.23. The number of halogens is 4. The number of alkyl halides is 3. The number of hydrogen-bond acceptors (Lipinski definition) is 4. The lowest BCUT2D eigenvalue weighted by molar-refractivity contribution is -0.141. The van der Waals surface area contributed by atoms with Gasteiger partial charge in [0.2, 0.25) is 11.9 Å². The molecule has 10 heteroatoms. The molecule has 2 heterocycles. The van der Waals surface area contributed by atoms with E-state index in [4.69, 9.17) is 0 Å². The van der Waals surface area contributed by atoms with Gasteiger partial charge in [-0.05, 0) is 50.2 Å². The Balaban J connectivity index is 2.15. The number of carbonyl (C=O) groups is 1. The number of amides is 1. The second kappa shape index (κ2) is 6.86. The molecule has 0 spiro atoms. The predicted molar refractivity (Wildman–Crippen MR) is 93.4 cm³/mol. The highest BCUT2D eigenvalue weighted by Gasteiger charge is 2.33. The number of carbonyl (C=O) groups excluding carboxylic acids is 1. The maximum Gasteiger partial charge on any atom is 0.433 e. The van der Waals surface area contributed by atoms with Crippen molar-refractivity contribution in [1.29, 1.82) is 0 Å². The van der Waals surface area contributed by atoms with Gasteiger partial charge in [0, 0.05) is 0 Å². The molecule has 1 aromatic carbocycles. The Bertz CT molecular complexity index is 1020. The minimum Gasteiger partial charge on any atom is -0.390 e. The average Bonchev–Trinajstić information content (AvgIpc) is 2.89. The molecule has 0 aliphatic carbocycles. The highest BCUT2D eigenvalue weighted by molar-refractivity contribution is 5.92. The largest absolute Gasteiger partial charge is 0.433 e. The van der Waals surface area contributed by atoms with E-state index in [9.17, 15) is 27.5 Å². The minimum atomic E-state index is -4.67. The topological polar surface area (TPSA) is 80.0 Å². The maximum absolute atomic E-state index is 13.3. The number of aliphatic hydroxyl groups is 1. The van der Waals surface area contributed by atoms with Crippen molar-refractivity contribution in [1.82, 2.24) is 14.5 Å². The van der Waals surface area contributed by atoms with Crippen LogP contribution in [0.2, 0.25) is 0 Å². The third-order valence-electron chi connectivity index (χ3n) is 3.72. The van der Waals surface area contributed by atoms with Crippen molar-refractivity contribution in [3.8, 4) is 5.69 Å². The molecule has 28 heavy (non-hydrogen) atoms. The van der Waals surface area contributed by atoms with E-state index in [0.717, 1.165) is 24.3 Å². The summed E-state index contributed by atoms with van der Waals surface area (Å²) in [4.78, 5) is 19.9. The van der Waals surface area contributed by atoms with Gasteiger partial charge in [-0.3, -0.25) is 14.7 Å². The van der Waals surface area contributed by atoms with E-state index in [2.05, 4.69) is 15.3 Å². The van der Waals surface area contributed by atoms with Gasteiger partial charge in [-0.2, -0.15) is 13.2 Å². The lowest BCUT2D eigenvalue weighted by Crippen LogP contribution is -2.28. The van der Waals surface area contributed by atoms with E-state index in [0.29, 0.717) is 0 Å². The molecule has 3 aromatic rings. The summed E-state index contributed by atoms with van der Waals surface area (Å²) in [5, 5.41) is 12.2. The van der Waals surface area contributed by atoms with Crippen molar-refractivity contribution >= 4 is 23.0 Å². The van der Waals surface area contributed by atoms with Crippen molar-refractivity contribution in [2.24, 2.45) is 0 Å². The molecular weight excluding hydrogens is 380 g/mol. The minimum absolute atomic E-state index is 0.0947. The molecule has 0 aliphatic heterocycles. The summed E-state index contributed by atoms with van der Waals surface area (Å²) in [6, 6.07) is 6.81. The van der Waals surface area contributed by atoms with Crippen LogP contribution in [0.1, 0.15) is 26.0 Å². The fourth-order valence-electron chi connectivity index (χ4n) is 2.60.